The van der Waals surface area contributed by atoms with Gasteiger partial charge in [0.2, 0.25) is 10.0 Å². The van der Waals surface area contributed by atoms with Crippen molar-refractivity contribution in [3.8, 4) is 5.75 Å². The summed E-state index contributed by atoms with van der Waals surface area (Å²) in [6, 6.07) is 12.3. The van der Waals surface area contributed by atoms with Gasteiger partial charge in [-0.3, -0.25) is 4.79 Å². The molecule has 2 saturated heterocycles. The smallest absolute Gasteiger partial charge is 0.253 e. The maximum absolute atomic E-state index is 13.1. The minimum Gasteiger partial charge on any atom is -0.494 e. The van der Waals surface area contributed by atoms with E-state index in [0.29, 0.717) is 51.4 Å². The number of benzene rings is 2. The second-order valence-electron chi connectivity index (χ2n) is 8.83. The van der Waals surface area contributed by atoms with E-state index < -0.39 is 10.0 Å². The summed E-state index contributed by atoms with van der Waals surface area (Å²) >= 11 is 1.64. The number of piperidine rings is 1. The van der Waals surface area contributed by atoms with Crippen molar-refractivity contribution in [2.45, 2.75) is 31.1 Å². The van der Waals surface area contributed by atoms with Crippen molar-refractivity contribution in [1.82, 2.24) is 14.2 Å². The Morgan fingerprint density at radius 1 is 0.971 bits per heavy atom. The van der Waals surface area contributed by atoms with Gasteiger partial charge in [-0.2, -0.15) is 4.31 Å². The highest BCUT2D eigenvalue weighted by Gasteiger charge is 2.27. The van der Waals surface area contributed by atoms with Crippen LogP contribution in [0.1, 0.15) is 36.5 Å². The van der Waals surface area contributed by atoms with Gasteiger partial charge in [-0.1, -0.05) is 17.8 Å². The Hall–Kier alpha value is -2.69. The number of carbonyl (C=O) groups excluding carboxylic acids is 1. The third kappa shape index (κ3) is 5.00. The van der Waals surface area contributed by atoms with E-state index in [2.05, 4.69) is 4.90 Å². The first-order valence-electron chi connectivity index (χ1n) is 12.1. The first kappa shape index (κ1) is 24.0. The topological polar surface area (TPSA) is 83.0 Å². The quantitative estimate of drug-likeness (QED) is 0.497. The number of hydrogen-bond donors (Lipinski definition) is 0. The van der Waals surface area contributed by atoms with Crippen LogP contribution < -0.4 is 9.64 Å². The molecule has 0 radical (unpaired) electrons. The standard InChI is InChI=1S/C25H30N4O4S2/c1-2-33-20-8-11-22-23(18-20)34-25(26-22)28-16-14-27(15-17-28)24(30)19-6-9-21(10-7-19)35(31,32)29-12-4-3-5-13-29/h6-11,18H,2-5,12-17H2,1H3. The summed E-state index contributed by atoms with van der Waals surface area (Å²) in [5.41, 5.74) is 1.46. The molecule has 1 amide bonds. The van der Waals surface area contributed by atoms with Gasteiger partial charge in [0.1, 0.15) is 5.75 Å². The fourth-order valence-corrected chi connectivity index (χ4v) is 7.15. The normalized spacial score (nSPS) is 17.6. The highest BCUT2D eigenvalue weighted by Crippen LogP contribution is 2.32. The van der Waals surface area contributed by atoms with Crippen molar-refractivity contribution >= 4 is 42.6 Å². The third-order valence-corrected chi connectivity index (χ3v) is 9.54. The lowest BCUT2D eigenvalue weighted by molar-refractivity contribution is 0.0746. The number of carbonyl (C=O) groups is 1. The number of fused-ring (bicyclic) bond motifs is 1. The molecule has 0 atom stereocenters. The number of hydrogen-bond acceptors (Lipinski definition) is 7. The Morgan fingerprint density at radius 2 is 1.69 bits per heavy atom. The zero-order valence-electron chi connectivity index (χ0n) is 19.9. The van der Waals surface area contributed by atoms with Crippen LogP contribution in [0.3, 0.4) is 0 Å². The molecule has 10 heteroatoms. The van der Waals surface area contributed by atoms with Crippen molar-refractivity contribution in [1.29, 1.82) is 0 Å². The molecule has 0 N–H and O–H groups in total. The summed E-state index contributed by atoms with van der Waals surface area (Å²) in [4.78, 5) is 22.1. The van der Waals surface area contributed by atoms with E-state index in [0.717, 1.165) is 40.4 Å². The van der Waals surface area contributed by atoms with Crippen LogP contribution in [-0.4, -0.2) is 74.4 Å². The number of piperazine rings is 1. The molecular formula is C25H30N4O4S2. The van der Waals surface area contributed by atoms with Crippen LogP contribution in [0.15, 0.2) is 47.4 Å². The molecule has 1 aromatic heterocycles. The number of anilines is 1. The van der Waals surface area contributed by atoms with Gasteiger partial charge in [0.05, 0.1) is 21.7 Å². The lowest BCUT2D eigenvalue weighted by Crippen LogP contribution is -2.48. The highest BCUT2D eigenvalue weighted by molar-refractivity contribution is 7.89. The average Bonchev–Trinajstić information content (AvgIpc) is 3.33. The summed E-state index contributed by atoms with van der Waals surface area (Å²) in [7, 11) is -3.50. The van der Waals surface area contributed by atoms with Crippen molar-refractivity contribution < 1.29 is 17.9 Å². The van der Waals surface area contributed by atoms with Crippen LogP contribution >= 0.6 is 11.3 Å². The molecule has 2 aliphatic rings. The summed E-state index contributed by atoms with van der Waals surface area (Å²) in [6.45, 7) is 6.31. The number of ether oxygens (including phenoxy) is 1. The van der Waals surface area contributed by atoms with Crippen LogP contribution in [0.5, 0.6) is 5.75 Å². The molecule has 5 rings (SSSR count). The maximum atomic E-state index is 13.1. The zero-order chi connectivity index (χ0) is 24.4. The van der Waals surface area contributed by atoms with Gasteiger partial charge in [-0.15, -0.1) is 0 Å². The van der Waals surface area contributed by atoms with Gasteiger partial charge in [0, 0.05) is 44.8 Å². The number of nitrogens with zero attached hydrogens (tertiary/aromatic N) is 4. The molecular weight excluding hydrogens is 484 g/mol. The largest absolute Gasteiger partial charge is 0.494 e. The molecule has 0 aliphatic carbocycles. The van der Waals surface area contributed by atoms with Gasteiger partial charge in [0.15, 0.2) is 5.13 Å². The first-order chi connectivity index (χ1) is 17.0. The Balaban J connectivity index is 1.22. The Morgan fingerprint density at radius 3 is 2.37 bits per heavy atom. The molecule has 0 bridgehead atoms. The van der Waals surface area contributed by atoms with E-state index in [1.165, 1.54) is 0 Å². The van der Waals surface area contributed by atoms with Gasteiger partial charge in [-0.25, -0.2) is 13.4 Å². The molecule has 2 fully saturated rings. The molecule has 8 nitrogen and oxygen atoms in total. The van der Waals surface area contributed by atoms with Gasteiger partial charge in [0.25, 0.3) is 5.91 Å². The van der Waals surface area contributed by atoms with Crippen LogP contribution in [-0.2, 0) is 10.0 Å². The van der Waals surface area contributed by atoms with E-state index >= 15 is 0 Å². The van der Waals surface area contributed by atoms with Crippen molar-refractivity contribution in [3.63, 3.8) is 0 Å². The van der Waals surface area contributed by atoms with Crippen LogP contribution in [0, 0.1) is 0 Å². The monoisotopic (exact) mass is 514 g/mol. The number of rotatable bonds is 6. The second kappa shape index (κ2) is 10.1. The number of aromatic nitrogens is 1. The molecule has 2 aliphatic heterocycles. The second-order valence-corrected chi connectivity index (χ2v) is 11.8. The Kier molecular flexibility index (Phi) is 6.95. The van der Waals surface area contributed by atoms with Gasteiger partial charge in [-0.05, 0) is 62.2 Å². The molecule has 186 valence electrons. The van der Waals surface area contributed by atoms with Crippen molar-refractivity contribution in [3.05, 3.63) is 48.0 Å². The fourth-order valence-electron chi connectivity index (χ4n) is 4.59. The Labute approximate surface area is 210 Å². The predicted molar refractivity (Wildman–Crippen MR) is 138 cm³/mol. The summed E-state index contributed by atoms with van der Waals surface area (Å²) in [5, 5.41) is 0.952. The minimum atomic E-state index is -3.50. The number of sulfonamides is 1. The van der Waals surface area contributed by atoms with E-state index in [9.17, 15) is 13.2 Å². The predicted octanol–water partition coefficient (Wildman–Crippen LogP) is 3.83. The number of amides is 1. The SMILES string of the molecule is CCOc1ccc2nc(N3CCN(C(=O)c4ccc(S(=O)(=O)N5CCCCC5)cc4)CC3)sc2c1. The average molecular weight is 515 g/mol. The molecule has 35 heavy (non-hydrogen) atoms. The van der Waals surface area contributed by atoms with E-state index in [1.807, 2.05) is 30.0 Å². The fraction of sp³-hybridized carbons (Fsp3) is 0.440. The van der Waals surface area contributed by atoms with E-state index in [-0.39, 0.29) is 10.8 Å². The molecule has 2 aromatic carbocycles. The summed E-state index contributed by atoms with van der Waals surface area (Å²) in [6.07, 6.45) is 2.86. The maximum Gasteiger partial charge on any atom is 0.253 e. The molecule has 3 heterocycles. The minimum absolute atomic E-state index is 0.0720. The Bertz CT molecular complexity index is 1290. The van der Waals surface area contributed by atoms with Crippen LogP contribution in [0.4, 0.5) is 5.13 Å². The first-order valence-corrected chi connectivity index (χ1v) is 14.4. The highest BCUT2D eigenvalue weighted by atomic mass is 32.2. The van der Waals surface area contributed by atoms with Crippen molar-refractivity contribution in [2.24, 2.45) is 0 Å². The summed E-state index contributed by atoms with van der Waals surface area (Å²) < 4.78 is 34.0. The van der Waals surface area contributed by atoms with Gasteiger partial charge < -0.3 is 14.5 Å². The zero-order valence-corrected chi connectivity index (χ0v) is 21.5. The molecule has 0 saturated carbocycles. The number of thiazole rings is 1. The van der Waals surface area contributed by atoms with Crippen LogP contribution in [0.2, 0.25) is 0 Å². The lowest BCUT2D eigenvalue weighted by Gasteiger charge is -2.34. The molecule has 0 spiro atoms. The van der Waals surface area contributed by atoms with E-state index in [1.54, 1.807) is 39.9 Å². The van der Waals surface area contributed by atoms with Gasteiger partial charge >= 0.3 is 0 Å². The molecule has 3 aromatic rings. The van der Waals surface area contributed by atoms with E-state index in [4.69, 9.17) is 9.72 Å². The molecule has 0 unspecified atom stereocenters. The van der Waals surface area contributed by atoms with Crippen molar-refractivity contribution in [2.75, 3.05) is 50.8 Å². The third-order valence-electron chi connectivity index (χ3n) is 6.55. The van der Waals surface area contributed by atoms with Crippen LogP contribution in [0.25, 0.3) is 10.2 Å². The lowest BCUT2D eigenvalue weighted by atomic mass is 10.2. The summed E-state index contributed by atoms with van der Waals surface area (Å²) in [5.74, 6) is 0.776.